The number of rotatable bonds is 6. The Kier molecular flexibility index (Phi) is 5.85. The van der Waals surface area contributed by atoms with Gasteiger partial charge in [-0.05, 0) is 59.9 Å². The minimum atomic E-state index is 0.265. The van der Waals surface area contributed by atoms with E-state index in [1.807, 2.05) is 6.07 Å². The molecular weight excluding hydrogens is 266 g/mol. The zero-order chi connectivity index (χ0) is 12.0. The maximum absolute atomic E-state index is 5.84. The van der Waals surface area contributed by atoms with Crippen molar-refractivity contribution >= 4 is 15.9 Å². The molecular formula is C13H20BrNO. The molecule has 0 aliphatic carbocycles. The van der Waals surface area contributed by atoms with Gasteiger partial charge in [-0.1, -0.05) is 19.4 Å². The van der Waals surface area contributed by atoms with Crippen LogP contribution in [0.15, 0.2) is 22.7 Å². The topological polar surface area (TPSA) is 35.2 Å². The van der Waals surface area contributed by atoms with Crippen LogP contribution in [-0.2, 0) is 6.42 Å². The summed E-state index contributed by atoms with van der Waals surface area (Å²) >= 11 is 3.53. The van der Waals surface area contributed by atoms with E-state index in [1.165, 1.54) is 5.56 Å². The summed E-state index contributed by atoms with van der Waals surface area (Å²) in [6, 6.07) is 6.17. The summed E-state index contributed by atoms with van der Waals surface area (Å²) in [4.78, 5) is 0. The molecule has 0 saturated carbocycles. The maximum atomic E-state index is 5.84. The van der Waals surface area contributed by atoms with Gasteiger partial charge in [0, 0.05) is 0 Å². The average Bonchev–Trinajstić information content (AvgIpc) is 2.23. The summed E-state index contributed by atoms with van der Waals surface area (Å²) in [6.45, 7) is 4.95. The Labute approximate surface area is 106 Å². The van der Waals surface area contributed by atoms with Gasteiger partial charge in [-0.2, -0.15) is 0 Å². The van der Waals surface area contributed by atoms with E-state index in [1.54, 1.807) is 0 Å². The van der Waals surface area contributed by atoms with E-state index in [0.717, 1.165) is 29.5 Å². The van der Waals surface area contributed by atoms with Crippen molar-refractivity contribution in [3.8, 4) is 5.75 Å². The second kappa shape index (κ2) is 6.92. The first-order valence-corrected chi connectivity index (χ1v) is 6.61. The highest BCUT2D eigenvalue weighted by molar-refractivity contribution is 9.10. The van der Waals surface area contributed by atoms with Crippen LogP contribution in [0.2, 0.25) is 0 Å². The van der Waals surface area contributed by atoms with Gasteiger partial charge >= 0.3 is 0 Å². The molecule has 1 aromatic rings. The molecule has 2 nitrogen and oxygen atoms in total. The third kappa shape index (κ3) is 4.14. The van der Waals surface area contributed by atoms with Gasteiger partial charge in [0.05, 0.1) is 10.6 Å². The third-order valence-corrected chi connectivity index (χ3v) is 3.07. The Balaban J connectivity index is 2.67. The van der Waals surface area contributed by atoms with Crippen LogP contribution in [0.25, 0.3) is 0 Å². The van der Waals surface area contributed by atoms with Crippen molar-refractivity contribution < 1.29 is 4.74 Å². The molecule has 0 amide bonds. The fourth-order valence-electron chi connectivity index (χ4n) is 1.64. The molecule has 0 heterocycles. The summed E-state index contributed by atoms with van der Waals surface area (Å²) < 4.78 is 6.86. The second-order valence-corrected chi connectivity index (χ2v) is 4.87. The van der Waals surface area contributed by atoms with E-state index < -0.39 is 0 Å². The van der Waals surface area contributed by atoms with E-state index in [0.29, 0.717) is 6.54 Å². The third-order valence-electron chi connectivity index (χ3n) is 2.45. The summed E-state index contributed by atoms with van der Waals surface area (Å²) in [5, 5.41) is 0. The van der Waals surface area contributed by atoms with Gasteiger partial charge in [0.25, 0.3) is 0 Å². The first-order valence-electron chi connectivity index (χ1n) is 5.82. The molecule has 0 fully saturated rings. The molecule has 1 unspecified atom stereocenters. The van der Waals surface area contributed by atoms with Gasteiger partial charge in [-0.25, -0.2) is 0 Å². The fourth-order valence-corrected chi connectivity index (χ4v) is 2.16. The van der Waals surface area contributed by atoms with E-state index in [9.17, 15) is 0 Å². The lowest BCUT2D eigenvalue weighted by molar-refractivity contribution is 0.208. The molecule has 2 N–H and O–H groups in total. The molecule has 0 aliphatic heterocycles. The molecule has 0 aromatic heterocycles. The molecule has 3 heteroatoms. The van der Waals surface area contributed by atoms with Crippen molar-refractivity contribution in [2.75, 3.05) is 6.54 Å². The molecule has 0 spiro atoms. The normalized spacial score (nSPS) is 12.5. The van der Waals surface area contributed by atoms with Crippen molar-refractivity contribution in [2.45, 2.75) is 39.2 Å². The van der Waals surface area contributed by atoms with Crippen LogP contribution in [0.3, 0.4) is 0 Å². The number of ether oxygens (including phenoxy) is 1. The zero-order valence-corrected chi connectivity index (χ0v) is 11.6. The van der Waals surface area contributed by atoms with Crippen LogP contribution in [-0.4, -0.2) is 12.6 Å². The molecule has 1 atom stereocenters. The van der Waals surface area contributed by atoms with Crippen molar-refractivity contribution in [3.63, 3.8) is 0 Å². The Morgan fingerprint density at radius 3 is 2.75 bits per heavy atom. The van der Waals surface area contributed by atoms with Gasteiger partial charge in [0.2, 0.25) is 0 Å². The highest BCUT2D eigenvalue weighted by Crippen LogP contribution is 2.27. The summed E-state index contributed by atoms with van der Waals surface area (Å²) in [5.74, 6) is 0.918. The lowest BCUT2D eigenvalue weighted by atomic mass is 10.1. The number of hydrogen-bond donors (Lipinski definition) is 1. The molecule has 0 radical (unpaired) electrons. The highest BCUT2D eigenvalue weighted by atomic mass is 79.9. The van der Waals surface area contributed by atoms with Crippen LogP contribution in [0.4, 0.5) is 0 Å². The van der Waals surface area contributed by atoms with Crippen LogP contribution < -0.4 is 10.5 Å². The van der Waals surface area contributed by atoms with E-state index in [2.05, 4.69) is 41.9 Å². The molecule has 1 rings (SSSR count). The summed E-state index contributed by atoms with van der Waals surface area (Å²) in [6.07, 6.45) is 3.39. The van der Waals surface area contributed by atoms with E-state index in [-0.39, 0.29) is 6.10 Å². The first-order chi connectivity index (χ1) is 7.67. The van der Waals surface area contributed by atoms with Crippen molar-refractivity contribution in [1.29, 1.82) is 0 Å². The predicted octanol–water partition coefficient (Wildman–Crippen LogP) is 3.52. The summed E-state index contributed by atoms with van der Waals surface area (Å²) in [5.41, 5.74) is 6.76. The second-order valence-electron chi connectivity index (χ2n) is 4.02. The molecule has 16 heavy (non-hydrogen) atoms. The van der Waals surface area contributed by atoms with Gasteiger partial charge in [0.15, 0.2) is 0 Å². The Morgan fingerprint density at radius 1 is 1.44 bits per heavy atom. The Morgan fingerprint density at radius 2 is 2.19 bits per heavy atom. The quantitative estimate of drug-likeness (QED) is 0.868. The smallest absolute Gasteiger partial charge is 0.133 e. The van der Waals surface area contributed by atoms with Crippen molar-refractivity contribution in [1.82, 2.24) is 0 Å². The molecule has 90 valence electrons. The number of nitrogens with two attached hydrogens (primary N) is 1. The van der Waals surface area contributed by atoms with Gasteiger partial charge < -0.3 is 10.5 Å². The Hall–Kier alpha value is -0.540. The number of halogens is 1. The number of benzene rings is 1. The highest BCUT2D eigenvalue weighted by Gasteiger charge is 2.06. The van der Waals surface area contributed by atoms with Gasteiger partial charge in [-0.3, -0.25) is 0 Å². The molecule has 0 aliphatic rings. The van der Waals surface area contributed by atoms with Crippen LogP contribution in [0, 0.1) is 0 Å². The number of hydrogen-bond acceptors (Lipinski definition) is 2. The summed E-state index contributed by atoms with van der Waals surface area (Å²) in [7, 11) is 0. The fraction of sp³-hybridized carbons (Fsp3) is 0.538. The van der Waals surface area contributed by atoms with Crippen molar-refractivity contribution in [2.24, 2.45) is 5.73 Å². The van der Waals surface area contributed by atoms with E-state index >= 15 is 0 Å². The lowest BCUT2D eigenvalue weighted by Crippen LogP contribution is -2.11. The molecule has 0 bridgehead atoms. The minimum Gasteiger partial charge on any atom is -0.490 e. The van der Waals surface area contributed by atoms with E-state index in [4.69, 9.17) is 10.5 Å². The zero-order valence-electron chi connectivity index (χ0n) is 10.0. The van der Waals surface area contributed by atoms with Crippen LogP contribution in [0.5, 0.6) is 5.75 Å². The van der Waals surface area contributed by atoms with Crippen molar-refractivity contribution in [3.05, 3.63) is 28.2 Å². The first kappa shape index (κ1) is 13.5. The minimum absolute atomic E-state index is 0.265. The SMILES string of the molecule is CCCC(C)Oc1ccc(CCN)cc1Br. The standard InChI is InChI=1S/C13H20BrNO/c1-3-4-10(2)16-13-6-5-11(7-8-15)9-12(13)14/h5-6,9-10H,3-4,7-8,15H2,1-2H3. The molecule has 1 aromatic carbocycles. The maximum Gasteiger partial charge on any atom is 0.133 e. The molecule has 0 saturated heterocycles. The average molecular weight is 286 g/mol. The Bertz CT molecular complexity index is 328. The lowest BCUT2D eigenvalue weighted by Gasteiger charge is -2.15. The van der Waals surface area contributed by atoms with Crippen LogP contribution >= 0.6 is 15.9 Å². The van der Waals surface area contributed by atoms with Crippen LogP contribution in [0.1, 0.15) is 32.3 Å². The predicted molar refractivity (Wildman–Crippen MR) is 71.9 cm³/mol. The van der Waals surface area contributed by atoms with Gasteiger partial charge in [0.1, 0.15) is 5.75 Å². The monoisotopic (exact) mass is 285 g/mol. The van der Waals surface area contributed by atoms with Gasteiger partial charge in [-0.15, -0.1) is 0 Å². The largest absolute Gasteiger partial charge is 0.490 e.